The maximum atomic E-state index is 12.7. The van der Waals surface area contributed by atoms with Crippen LogP contribution < -0.4 is 0 Å². The highest BCUT2D eigenvalue weighted by atomic mass is 32.2. The number of thioether (sulfide) groups is 1. The van der Waals surface area contributed by atoms with E-state index >= 15 is 0 Å². The first kappa shape index (κ1) is 22.4. The van der Waals surface area contributed by atoms with Gasteiger partial charge in [0, 0.05) is 11.1 Å². The van der Waals surface area contributed by atoms with Crippen LogP contribution in [0.2, 0.25) is 0 Å². The van der Waals surface area contributed by atoms with Crippen LogP contribution in [-0.4, -0.2) is 39.9 Å². The number of carbonyl (C=O) groups excluding carboxylic acids is 2. The van der Waals surface area contributed by atoms with Crippen LogP contribution in [0.25, 0.3) is 6.08 Å². The summed E-state index contributed by atoms with van der Waals surface area (Å²) in [6.45, 7) is 12.0. The Bertz CT molecular complexity index is 825. The summed E-state index contributed by atoms with van der Waals surface area (Å²) in [7, 11) is 1.27. The smallest absolute Gasteiger partial charge is 0.325 e. The molecule has 0 atom stereocenters. The third-order valence-electron chi connectivity index (χ3n) is 4.43. The Hall–Kier alpha value is -1.86. The molecule has 1 aliphatic rings. The first-order valence-electron chi connectivity index (χ1n) is 8.96. The van der Waals surface area contributed by atoms with Crippen LogP contribution in [0.1, 0.15) is 58.2 Å². The van der Waals surface area contributed by atoms with Crippen molar-refractivity contribution in [2.75, 3.05) is 13.7 Å². The number of hydrogen-bond acceptors (Lipinski definition) is 6. The van der Waals surface area contributed by atoms with Gasteiger partial charge in [0.05, 0.1) is 12.0 Å². The van der Waals surface area contributed by atoms with Gasteiger partial charge in [0.1, 0.15) is 16.6 Å². The summed E-state index contributed by atoms with van der Waals surface area (Å²) in [5.41, 5.74) is 1.91. The average molecular weight is 422 g/mol. The normalized spacial score (nSPS) is 16.8. The van der Waals surface area contributed by atoms with Gasteiger partial charge in [0.25, 0.3) is 5.91 Å². The second kappa shape index (κ2) is 7.87. The first-order chi connectivity index (χ1) is 12.8. The molecule has 1 aliphatic heterocycles. The van der Waals surface area contributed by atoms with E-state index in [-0.39, 0.29) is 29.0 Å². The van der Waals surface area contributed by atoms with Crippen LogP contribution in [-0.2, 0) is 25.2 Å². The number of carbonyl (C=O) groups is 2. The van der Waals surface area contributed by atoms with Crippen molar-refractivity contribution in [2.24, 2.45) is 0 Å². The summed E-state index contributed by atoms with van der Waals surface area (Å²) in [6, 6.07) is 3.80. The van der Waals surface area contributed by atoms with Crippen LogP contribution in [0.15, 0.2) is 17.0 Å². The summed E-state index contributed by atoms with van der Waals surface area (Å²) in [5.74, 6) is -0.550. The summed E-state index contributed by atoms with van der Waals surface area (Å²) < 4.78 is 4.96. The van der Waals surface area contributed by atoms with Gasteiger partial charge in [-0.15, -0.1) is 0 Å². The molecule has 1 amide bonds. The Labute approximate surface area is 176 Å². The molecule has 0 radical (unpaired) electrons. The molecular formula is C21H27NO4S2. The van der Waals surface area contributed by atoms with Crippen LogP contribution in [0, 0.1) is 0 Å². The van der Waals surface area contributed by atoms with E-state index in [0.29, 0.717) is 9.23 Å². The number of phenolic OH excluding ortho intramolecular Hbond substituents is 1. The fraction of sp³-hybridized carbons (Fsp3) is 0.476. The number of aromatic hydroxyl groups is 1. The lowest BCUT2D eigenvalue weighted by molar-refractivity contribution is -0.143. The molecule has 1 heterocycles. The fourth-order valence-electron chi connectivity index (χ4n) is 2.86. The zero-order chi connectivity index (χ0) is 21.4. The van der Waals surface area contributed by atoms with Gasteiger partial charge in [-0.3, -0.25) is 14.5 Å². The molecule has 2 rings (SSSR count). The molecule has 28 heavy (non-hydrogen) atoms. The molecule has 1 N–H and O–H groups in total. The van der Waals surface area contributed by atoms with Crippen molar-refractivity contribution in [3.8, 4) is 5.75 Å². The highest BCUT2D eigenvalue weighted by Crippen LogP contribution is 2.41. The minimum absolute atomic E-state index is 0.200. The number of benzene rings is 1. The second-order valence-corrected chi connectivity index (χ2v) is 10.5. The molecule has 5 nitrogen and oxygen atoms in total. The quantitative estimate of drug-likeness (QED) is 0.444. The van der Waals surface area contributed by atoms with Crippen molar-refractivity contribution in [1.29, 1.82) is 0 Å². The van der Waals surface area contributed by atoms with Gasteiger partial charge in [-0.05, 0) is 34.6 Å². The Kier molecular flexibility index (Phi) is 6.31. The third kappa shape index (κ3) is 4.75. The van der Waals surface area contributed by atoms with Gasteiger partial charge in [0.2, 0.25) is 0 Å². The van der Waals surface area contributed by atoms with Gasteiger partial charge >= 0.3 is 5.97 Å². The summed E-state index contributed by atoms with van der Waals surface area (Å²) >= 11 is 6.41. The van der Waals surface area contributed by atoms with Crippen molar-refractivity contribution in [3.05, 3.63) is 33.7 Å². The zero-order valence-corrected chi connectivity index (χ0v) is 19.0. The number of nitrogens with zero attached hydrogens (tertiary/aromatic N) is 1. The largest absolute Gasteiger partial charge is 0.507 e. The van der Waals surface area contributed by atoms with E-state index in [2.05, 4.69) is 4.74 Å². The van der Waals surface area contributed by atoms with Crippen molar-refractivity contribution >= 4 is 46.3 Å². The molecule has 1 saturated heterocycles. The average Bonchev–Trinajstić information content (AvgIpc) is 2.81. The molecule has 0 unspecified atom stereocenters. The minimum Gasteiger partial charge on any atom is -0.507 e. The summed E-state index contributed by atoms with van der Waals surface area (Å²) in [5, 5.41) is 10.8. The topological polar surface area (TPSA) is 66.8 Å². The third-order valence-corrected chi connectivity index (χ3v) is 5.81. The zero-order valence-electron chi connectivity index (χ0n) is 17.4. The summed E-state index contributed by atoms with van der Waals surface area (Å²) in [6.07, 6.45) is 1.76. The predicted octanol–water partition coefficient (Wildman–Crippen LogP) is 4.36. The van der Waals surface area contributed by atoms with Gasteiger partial charge in [0.15, 0.2) is 0 Å². The van der Waals surface area contributed by atoms with Crippen molar-refractivity contribution < 1.29 is 19.4 Å². The van der Waals surface area contributed by atoms with Crippen molar-refractivity contribution in [1.82, 2.24) is 4.90 Å². The van der Waals surface area contributed by atoms with E-state index in [1.54, 1.807) is 6.08 Å². The van der Waals surface area contributed by atoms with Crippen LogP contribution in [0.5, 0.6) is 5.75 Å². The van der Waals surface area contributed by atoms with E-state index in [4.69, 9.17) is 12.2 Å². The van der Waals surface area contributed by atoms with E-state index < -0.39 is 5.97 Å². The van der Waals surface area contributed by atoms with E-state index in [1.807, 2.05) is 53.7 Å². The number of rotatable bonds is 3. The maximum absolute atomic E-state index is 12.7. The van der Waals surface area contributed by atoms with E-state index in [9.17, 15) is 14.7 Å². The van der Waals surface area contributed by atoms with Gasteiger partial charge < -0.3 is 9.84 Å². The van der Waals surface area contributed by atoms with Crippen molar-refractivity contribution in [3.63, 3.8) is 0 Å². The Morgan fingerprint density at radius 3 is 2.11 bits per heavy atom. The second-order valence-electron chi connectivity index (χ2n) is 8.81. The maximum Gasteiger partial charge on any atom is 0.325 e. The number of phenols is 1. The number of methoxy groups -OCH3 is 1. The molecule has 0 spiro atoms. The lowest BCUT2D eigenvalue weighted by Crippen LogP contribution is -2.33. The molecule has 7 heteroatoms. The molecule has 152 valence electrons. The number of hydrogen-bond donors (Lipinski definition) is 1. The molecule has 1 fully saturated rings. The monoisotopic (exact) mass is 421 g/mol. The Morgan fingerprint density at radius 1 is 1.18 bits per heavy atom. The molecule has 1 aromatic carbocycles. The number of amides is 1. The van der Waals surface area contributed by atoms with Gasteiger partial charge in [-0.2, -0.15) is 0 Å². The molecule has 0 bridgehead atoms. The fourth-order valence-corrected chi connectivity index (χ4v) is 4.12. The van der Waals surface area contributed by atoms with Crippen LogP contribution in [0.3, 0.4) is 0 Å². The van der Waals surface area contributed by atoms with Crippen molar-refractivity contribution in [2.45, 2.75) is 52.4 Å². The van der Waals surface area contributed by atoms with E-state index in [0.717, 1.165) is 28.5 Å². The summed E-state index contributed by atoms with van der Waals surface area (Å²) in [4.78, 5) is 25.9. The van der Waals surface area contributed by atoms with Crippen LogP contribution in [0.4, 0.5) is 0 Å². The van der Waals surface area contributed by atoms with Gasteiger partial charge in [-0.1, -0.05) is 65.5 Å². The first-order valence-corrected chi connectivity index (χ1v) is 10.2. The SMILES string of the molecule is COC(=O)CN1C(=O)C(=Cc2cc(C(C)(C)C)c(O)c(C(C)(C)C)c2)SC1=S. The highest BCUT2D eigenvalue weighted by Gasteiger charge is 2.34. The highest BCUT2D eigenvalue weighted by molar-refractivity contribution is 8.26. The minimum atomic E-state index is -0.521. The van der Waals surface area contributed by atoms with E-state index in [1.165, 1.54) is 12.0 Å². The molecule has 0 saturated carbocycles. The Balaban J connectivity index is 2.52. The standard InChI is InChI=1S/C21H27NO4S2/c1-20(2,3)13-8-12(9-14(17(13)24)21(4,5)6)10-15-18(25)22(19(27)28-15)11-16(23)26-7/h8-10,24H,11H2,1-7H3. The molecule has 0 aromatic heterocycles. The molecule has 0 aliphatic carbocycles. The number of thiocarbonyl (C=S) groups is 1. The van der Waals surface area contributed by atoms with Gasteiger partial charge in [-0.25, -0.2) is 0 Å². The lowest BCUT2D eigenvalue weighted by atomic mass is 9.78. The number of esters is 1. The lowest BCUT2D eigenvalue weighted by Gasteiger charge is -2.28. The Morgan fingerprint density at radius 2 is 1.68 bits per heavy atom. The predicted molar refractivity (Wildman–Crippen MR) is 117 cm³/mol. The van der Waals surface area contributed by atoms with Crippen LogP contribution >= 0.6 is 24.0 Å². The molecular weight excluding hydrogens is 394 g/mol. The molecule has 1 aromatic rings. The number of ether oxygens (including phenoxy) is 1.